The molecule has 0 aliphatic rings. The fourth-order valence-corrected chi connectivity index (χ4v) is 1.43. The molecule has 0 aliphatic carbocycles. The van der Waals surface area contributed by atoms with E-state index in [-0.39, 0.29) is 13.0 Å². The van der Waals surface area contributed by atoms with Gasteiger partial charge in [-0.2, -0.15) is 4.68 Å². The van der Waals surface area contributed by atoms with Gasteiger partial charge in [0.25, 0.3) is 0 Å². The highest BCUT2D eigenvalue weighted by Gasteiger charge is 2.05. The summed E-state index contributed by atoms with van der Waals surface area (Å²) in [4.78, 5) is 10.4. The second-order valence-electron chi connectivity index (χ2n) is 3.63. The molecule has 0 bridgehead atoms. The van der Waals surface area contributed by atoms with Crippen molar-refractivity contribution < 1.29 is 14.6 Å². The van der Waals surface area contributed by atoms with E-state index >= 15 is 0 Å². The van der Waals surface area contributed by atoms with Gasteiger partial charge in [-0.1, -0.05) is 6.07 Å². The predicted molar refractivity (Wildman–Crippen MR) is 61.6 cm³/mol. The molecule has 0 saturated heterocycles. The Kier molecular flexibility index (Phi) is 3.52. The van der Waals surface area contributed by atoms with Gasteiger partial charge in [0.15, 0.2) is 5.82 Å². The minimum Gasteiger partial charge on any atom is -0.493 e. The minimum absolute atomic E-state index is 0.0336. The van der Waals surface area contributed by atoms with Crippen molar-refractivity contribution in [3.8, 4) is 11.4 Å². The standard InChI is InChI=1S/C11H12N4O3/c1-8-12-13-14-15(8)9-3-2-4-10(7-9)18-6-5-11(16)17/h2-4,7H,5-6H2,1H3,(H,16,17). The topological polar surface area (TPSA) is 90.1 Å². The van der Waals surface area contributed by atoms with E-state index in [0.717, 1.165) is 5.69 Å². The van der Waals surface area contributed by atoms with Crippen LogP contribution in [0.1, 0.15) is 12.2 Å². The first-order valence-corrected chi connectivity index (χ1v) is 5.37. The molecule has 7 heteroatoms. The number of ether oxygens (including phenoxy) is 1. The summed E-state index contributed by atoms with van der Waals surface area (Å²) >= 11 is 0. The van der Waals surface area contributed by atoms with E-state index in [1.54, 1.807) is 29.8 Å². The van der Waals surface area contributed by atoms with E-state index in [9.17, 15) is 4.79 Å². The van der Waals surface area contributed by atoms with Gasteiger partial charge in [0.1, 0.15) is 5.75 Å². The summed E-state index contributed by atoms with van der Waals surface area (Å²) in [6.07, 6.45) is -0.0336. The van der Waals surface area contributed by atoms with Gasteiger partial charge < -0.3 is 9.84 Å². The number of carboxylic acids is 1. The molecule has 0 aliphatic heterocycles. The van der Waals surface area contributed by atoms with Gasteiger partial charge in [-0.3, -0.25) is 4.79 Å². The van der Waals surface area contributed by atoms with E-state index in [4.69, 9.17) is 9.84 Å². The molecule has 2 aromatic rings. The van der Waals surface area contributed by atoms with Gasteiger partial charge in [0.05, 0.1) is 18.7 Å². The third kappa shape index (κ3) is 2.82. The first-order valence-electron chi connectivity index (χ1n) is 5.37. The van der Waals surface area contributed by atoms with Crippen LogP contribution in [0.4, 0.5) is 0 Å². The number of tetrazole rings is 1. The Labute approximate surface area is 103 Å². The van der Waals surface area contributed by atoms with Crippen LogP contribution in [-0.4, -0.2) is 37.9 Å². The van der Waals surface area contributed by atoms with E-state index < -0.39 is 5.97 Å². The summed E-state index contributed by atoms with van der Waals surface area (Å²) in [5.41, 5.74) is 0.769. The van der Waals surface area contributed by atoms with Crippen molar-refractivity contribution in [2.24, 2.45) is 0 Å². The minimum atomic E-state index is -0.887. The van der Waals surface area contributed by atoms with Gasteiger partial charge in [-0.15, -0.1) is 5.10 Å². The number of rotatable bonds is 5. The fraction of sp³-hybridized carbons (Fsp3) is 0.273. The van der Waals surface area contributed by atoms with Crippen molar-refractivity contribution in [1.82, 2.24) is 20.2 Å². The van der Waals surface area contributed by atoms with Crippen LogP contribution in [0.2, 0.25) is 0 Å². The van der Waals surface area contributed by atoms with Crippen molar-refractivity contribution >= 4 is 5.97 Å². The van der Waals surface area contributed by atoms with Crippen LogP contribution >= 0.6 is 0 Å². The SMILES string of the molecule is Cc1nnnn1-c1cccc(OCCC(=O)O)c1. The summed E-state index contributed by atoms with van der Waals surface area (Å²) in [5.74, 6) is 0.365. The second-order valence-corrected chi connectivity index (χ2v) is 3.63. The Morgan fingerprint density at radius 1 is 1.50 bits per heavy atom. The quantitative estimate of drug-likeness (QED) is 0.842. The molecule has 2 rings (SSSR count). The Bertz CT molecular complexity index is 553. The predicted octanol–water partition coefficient (Wildman–Crippen LogP) is 0.824. The zero-order valence-electron chi connectivity index (χ0n) is 9.78. The highest BCUT2D eigenvalue weighted by molar-refractivity contribution is 5.66. The Morgan fingerprint density at radius 3 is 3.00 bits per heavy atom. The second kappa shape index (κ2) is 5.26. The van der Waals surface area contributed by atoms with Crippen LogP contribution in [-0.2, 0) is 4.79 Å². The number of carboxylic acid groups (broad SMARTS) is 1. The fourth-order valence-electron chi connectivity index (χ4n) is 1.43. The van der Waals surface area contributed by atoms with Crippen LogP contribution in [0.15, 0.2) is 24.3 Å². The monoisotopic (exact) mass is 248 g/mol. The van der Waals surface area contributed by atoms with Crippen LogP contribution in [0.3, 0.4) is 0 Å². The number of benzene rings is 1. The summed E-state index contributed by atoms with van der Waals surface area (Å²) in [6.45, 7) is 1.92. The molecular formula is C11H12N4O3. The van der Waals surface area contributed by atoms with Gasteiger partial charge in [0.2, 0.25) is 0 Å². The largest absolute Gasteiger partial charge is 0.493 e. The van der Waals surface area contributed by atoms with Gasteiger partial charge in [-0.25, -0.2) is 0 Å². The molecule has 1 aromatic carbocycles. The Balaban J connectivity index is 2.11. The summed E-state index contributed by atoms with van der Waals surface area (Å²) in [5, 5.41) is 19.7. The molecule has 0 fully saturated rings. The molecule has 94 valence electrons. The number of aliphatic carboxylic acids is 1. The number of aromatic nitrogens is 4. The van der Waals surface area contributed by atoms with Crippen molar-refractivity contribution in [3.63, 3.8) is 0 Å². The first kappa shape index (κ1) is 12.0. The molecule has 1 N–H and O–H groups in total. The van der Waals surface area contributed by atoms with Crippen LogP contribution in [0, 0.1) is 6.92 Å². The molecule has 0 saturated carbocycles. The van der Waals surface area contributed by atoms with E-state index in [1.807, 2.05) is 6.07 Å². The van der Waals surface area contributed by atoms with E-state index in [0.29, 0.717) is 11.6 Å². The lowest BCUT2D eigenvalue weighted by molar-refractivity contribution is -0.137. The molecule has 0 amide bonds. The molecular weight excluding hydrogens is 236 g/mol. The summed E-state index contributed by atoms with van der Waals surface area (Å²) < 4.78 is 6.91. The van der Waals surface area contributed by atoms with Gasteiger partial charge in [-0.05, 0) is 29.5 Å². The van der Waals surface area contributed by atoms with Crippen molar-refractivity contribution in [1.29, 1.82) is 0 Å². The smallest absolute Gasteiger partial charge is 0.306 e. The zero-order valence-corrected chi connectivity index (χ0v) is 9.78. The Hall–Kier alpha value is -2.44. The first-order chi connectivity index (χ1) is 8.66. The van der Waals surface area contributed by atoms with Gasteiger partial charge in [0, 0.05) is 6.07 Å². The third-order valence-electron chi connectivity index (χ3n) is 2.27. The number of carbonyl (C=O) groups is 1. The average molecular weight is 248 g/mol. The Morgan fingerprint density at radius 2 is 2.33 bits per heavy atom. The van der Waals surface area contributed by atoms with Crippen molar-refractivity contribution in [2.45, 2.75) is 13.3 Å². The van der Waals surface area contributed by atoms with Crippen LogP contribution in [0.25, 0.3) is 5.69 Å². The molecule has 0 atom stereocenters. The van der Waals surface area contributed by atoms with Gasteiger partial charge >= 0.3 is 5.97 Å². The zero-order chi connectivity index (χ0) is 13.0. The van der Waals surface area contributed by atoms with Crippen LogP contribution in [0.5, 0.6) is 5.75 Å². The molecule has 1 aromatic heterocycles. The highest BCUT2D eigenvalue weighted by atomic mass is 16.5. The lowest BCUT2D eigenvalue weighted by Crippen LogP contribution is -2.05. The molecule has 1 heterocycles. The molecule has 0 spiro atoms. The molecule has 7 nitrogen and oxygen atoms in total. The number of nitrogens with zero attached hydrogens (tertiary/aromatic N) is 4. The number of hydrogen-bond acceptors (Lipinski definition) is 5. The summed E-state index contributed by atoms with van der Waals surface area (Å²) in [6, 6.07) is 7.15. The van der Waals surface area contributed by atoms with Crippen molar-refractivity contribution in [2.75, 3.05) is 6.61 Å². The summed E-state index contributed by atoms with van der Waals surface area (Å²) in [7, 11) is 0. The maximum absolute atomic E-state index is 10.4. The number of aryl methyl sites for hydroxylation is 1. The maximum Gasteiger partial charge on any atom is 0.306 e. The molecule has 0 radical (unpaired) electrons. The van der Waals surface area contributed by atoms with Crippen LogP contribution < -0.4 is 4.74 Å². The molecule has 0 unspecified atom stereocenters. The van der Waals surface area contributed by atoms with Crippen molar-refractivity contribution in [3.05, 3.63) is 30.1 Å². The average Bonchev–Trinajstić information content (AvgIpc) is 2.75. The maximum atomic E-state index is 10.4. The normalized spacial score (nSPS) is 10.3. The van der Waals surface area contributed by atoms with E-state index in [1.165, 1.54) is 0 Å². The number of hydrogen-bond donors (Lipinski definition) is 1. The highest BCUT2D eigenvalue weighted by Crippen LogP contribution is 2.16. The van der Waals surface area contributed by atoms with E-state index in [2.05, 4.69) is 15.5 Å². The lowest BCUT2D eigenvalue weighted by Gasteiger charge is -2.07. The third-order valence-corrected chi connectivity index (χ3v) is 2.27. The molecule has 18 heavy (non-hydrogen) atoms. The lowest BCUT2D eigenvalue weighted by atomic mass is 10.3.